The van der Waals surface area contributed by atoms with Crippen LogP contribution < -0.4 is 4.90 Å². The number of carbonyl (C=O) groups excluding carboxylic acids is 1. The smallest absolute Gasteiger partial charge is 0.243 e. The Kier molecular flexibility index (Phi) is 6.84. The van der Waals surface area contributed by atoms with Crippen LogP contribution in [0.3, 0.4) is 0 Å². The Morgan fingerprint density at radius 3 is 2.50 bits per heavy atom. The van der Waals surface area contributed by atoms with Crippen molar-refractivity contribution in [3.63, 3.8) is 0 Å². The summed E-state index contributed by atoms with van der Waals surface area (Å²) in [6.45, 7) is 4.86. The van der Waals surface area contributed by atoms with Gasteiger partial charge in [0, 0.05) is 45.0 Å². The summed E-state index contributed by atoms with van der Waals surface area (Å²) in [5.74, 6) is 0.977. The second kappa shape index (κ2) is 9.20. The fourth-order valence-corrected chi connectivity index (χ4v) is 4.61. The normalized spacial score (nSPS) is 14.3. The molecule has 0 bridgehead atoms. The van der Waals surface area contributed by atoms with Gasteiger partial charge in [0.05, 0.1) is 11.4 Å². The predicted molar refractivity (Wildman–Crippen MR) is 114 cm³/mol. The second-order valence-corrected chi connectivity index (χ2v) is 9.54. The summed E-state index contributed by atoms with van der Waals surface area (Å²) >= 11 is 0. The lowest BCUT2D eigenvalue weighted by Crippen LogP contribution is -2.38. The van der Waals surface area contributed by atoms with Crippen molar-refractivity contribution in [3.05, 3.63) is 46.9 Å². The van der Waals surface area contributed by atoms with Gasteiger partial charge in [-0.3, -0.25) is 9.69 Å². The van der Waals surface area contributed by atoms with Crippen LogP contribution in [0.15, 0.2) is 29.2 Å². The van der Waals surface area contributed by atoms with Gasteiger partial charge in [0.1, 0.15) is 11.6 Å². The minimum atomic E-state index is -3.67. The molecular weight excluding hydrogens is 404 g/mol. The van der Waals surface area contributed by atoms with E-state index in [1.54, 1.807) is 36.3 Å². The molecule has 0 saturated heterocycles. The zero-order valence-corrected chi connectivity index (χ0v) is 18.7. The molecule has 0 saturated carbocycles. The van der Waals surface area contributed by atoms with Crippen molar-refractivity contribution in [2.24, 2.45) is 0 Å². The van der Waals surface area contributed by atoms with Gasteiger partial charge in [-0.05, 0) is 38.8 Å². The molecule has 162 valence electrons. The topological polar surface area (TPSA) is 92.7 Å². The number of amides is 1. The molecule has 30 heavy (non-hydrogen) atoms. The van der Waals surface area contributed by atoms with Crippen LogP contribution in [0.1, 0.15) is 35.5 Å². The van der Waals surface area contributed by atoms with Crippen LogP contribution >= 0.6 is 0 Å². The molecule has 1 aliphatic heterocycles. The quantitative estimate of drug-likeness (QED) is 0.594. The number of anilines is 1. The van der Waals surface area contributed by atoms with E-state index in [4.69, 9.17) is 4.74 Å². The van der Waals surface area contributed by atoms with Gasteiger partial charge in [0.25, 0.3) is 0 Å². The second-order valence-electron chi connectivity index (χ2n) is 7.49. The van der Waals surface area contributed by atoms with E-state index < -0.39 is 10.0 Å². The largest absolute Gasteiger partial charge is 0.385 e. The van der Waals surface area contributed by atoms with Crippen molar-refractivity contribution in [1.29, 1.82) is 0 Å². The number of nitrogens with zero attached hydrogens (tertiary/aromatic N) is 4. The van der Waals surface area contributed by atoms with E-state index in [-0.39, 0.29) is 17.3 Å². The number of sulfonamides is 1. The first-order chi connectivity index (χ1) is 14.2. The highest BCUT2D eigenvalue weighted by Crippen LogP contribution is 2.28. The van der Waals surface area contributed by atoms with E-state index in [0.29, 0.717) is 44.1 Å². The lowest BCUT2D eigenvalue weighted by Gasteiger charge is -2.29. The van der Waals surface area contributed by atoms with Crippen LogP contribution in [0.25, 0.3) is 0 Å². The monoisotopic (exact) mass is 432 g/mol. The fourth-order valence-electron chi connectivity index (χ4n) is 3.48. The van der Waals surface area contributed by atoms with Crippen molar-refractivity contribution < 1.29 is 17.9 Å². The minimum Gasteiger partial charge on any atom is -0.385 e. The maximum atomic E-state index is 12.9. The van der Waals surface area contributed by atoms with Gasteiger partial charge in [0.15, 0.2) is 0 Å². The van der Waals surface area contributed by atoms with Crippen LogP contribution in [-0.4, -0.2) is 55.9 Å². The molecule has 1 aromatic heterocycles. The Bertz CT molecular complexity index is 1020. The molecule has 9 heteroatoms. The number of hydrogen-bond donors (Lipinski definition) is 0. The molecule has 8 nitrogen and oxygen atoms in total. The van der Waals surface area contributed by atoms with Crippen LogP contribution in [0.5, 0.6) is 0 Å². The molecule has 0 spiro atoms. The van der Waals surface area contributed by atoms with E-state index in [1.165, 1.54) is 11.4 Å². The molecule has 1 aliphatic rings. The molecule has 0 unspecified atom stereocenters. The summed E-state index contributed by atoms with van der Waals surface area (Å²) in [5, 5.41) is 0. The highest BCUT2D eigenvalue weighted by Gasteiger charge is 2.29. The standard InChI is InChI=1S/C21H28N4O4S/c1-15-6-8-17(9-7-15)30(27,28)24(3)14-19-22-16(2)18-10-11-20(26)25(21(18)23-19)12-5-13-29-4/h6-9H,5,10-14H2,1-4H3. The van der Waals surface area contributed by atoms with Gasteiger partial charge < -0.3 is 4.74 Å². The third-order valence-corrected chi connectivity index (χ3v) is 7.03. The van der Waals surface area contributed by atoms with Gasteiger partial charge in [-0.25, -0.2) is 18.4 Å². The van der Waals surface area contributed by atoms with Crippen molar-refractivity contribution >= 4 is 21.7 Å². The molecule has 0 N–H and O–H groups in total. The molecule has 0 radical (unpaired) electrons. The average molecular weight is 433 g/mol. The van der Waals surface area contributed by atoms with Crippen LogP contribution in [-0.2, 0) is 32.5 Å². The van der Waals surface area contributed by atoms with E-state index >= 15 is 0 Å². The first kappa shape index (κ1) is 22.3. The molecule has 0 fully saturated rings. The van der Waals surface area contributed by atoms with Crippen LogP contribution in [0.4, 0.5) is 5.82 Å². The first-order valence-electron chi connectivity index (χ1n) is 9.92. The Morgan fingerprint density at radius 1 is 1.13 bits per heavy atom. The van der Waals surface area contributed by atoms with Crippen molar-refractivity contribution in [2.45, 2.75) is 44.6 Å². The SMILES string of the molecule is COCCCN1C(=O)CCc2c(C)nc(CN(C)S(=O)(=O)c3ccc(C)cc3)nc21. The van der Waals surface area contributed by atoms with Gasteiger partial charge in [-0.2, -0.15) is 4.31 Å². The summed E-state index contributed by atoms with van der Waals surface area (Å²) in [5.41, 5.74) is 2.71. The summed E-state index contributed by atoms with van der Waals surface area (Å²) in [6.07, 6.45) is 1.71. The number of benzene rings is 1. The summed E-state index contributed by atoms with van der Waals surface area (Å²) in [6, 6.07) is 6.72. The van der Waals surface area contributed by atoms with Gasteiger partial charge in [0.2, 0.25) is 15.9 Å². The summed E-state index contributed by atoms with van der Waals surface area (Å²) in [4.78, 5) is 23.5. The molecule has 1 aromatic carbocycles. The van der Waals surface area contributed by atoms with E-state index in [1.807, 2.05) is 13.8 Å². The van der Waals surface area contributed by atoms with Crippen LogP contribution in [0.2, 0.25) is 0 Å². The third kappa shape index (κ3) is 4.69. The summed E-state index contributed by atoms with van der Waals surface area (Å²) in [7, 11) is -0.539. The van der Waals surface area contributed by atoms with Crippen molar-refractivity contribution in [2.75, 3.05) is 32.2 Å². The number of aromatic nitrogens is 2. The molecule has 2 aromatic rings. The lowest BCUT2D eigenvalue weighted by molar-refractivity contribution is -0.119. The van der Waals surface area contributed by atoms with Gasteiger partial charge in [-0.15, -0.1) is 0 Å². The van der Waals surface area contributed by atoms with Gasteiger partial charge >= 0.3 is 0 Å². The van der Waals surface area contributed by atoms with Gasteiger partial charge in [-0.1, -0.05) is 17.7 Å². The predicted octanol–water partition coefficient (Wildman–Crippen LogP) is 2.23. The number of aryl methyl sites for hydroxylation is 2. The number of ether oxygens (including phenoxy) is 1. The first-order valence-corrected chi connectivity index (χ1v) is 11.4. The number of methoxy groups -OCH3 is 1. The third-order valence-electron chi connectivity index (χ3n) is 5.21. The zero-order chi connectivity index (χ0) is 21.9. The Morgan fingerprint density at radius 2 is 1.83 bits per heavy atom. The molecule has 0 aliphatic carbocycles. The number of rotatable bonds is 8. The number of fused-ring (bicyclic) bond motifs is 1. The van der Waals surface area contributed by atoms with E-state index in [0.717, 1.165) is 16.8 Å². The summed E-state index contributed by atoms with van der Waals surface area (Å²) < 4.78 is 32.1. The van der Waals surface area contributed by atoms with E-state index in [9.17, 15) is 13.2 Å². The maximum Gasteiger partial charge on any atom is 0.243 e. The zero-order valence-electron chi connectivity index (χ0n) is 17.9. The highest BCUT2D eigenvalue weighted by atomic mass is 32.2. The molecule has 2 heterocycles. The highest BCUT2D eigenvalue weighted by molar-refractivity contribution is 7.89. The Labute approximate surface area is 177 Å². The Hall–Kier alpha value is -2.36. The van der Waals surface area contributed by atoms with Crippen molar-refractivity contribution in [1.82, 2.24) is 14.3 Å². The maximum absolute atomic E-state index is 12.9. The van der Waals surface area contributed by atoms with Crippen LogP contribution in [0, 0.1) is 13.8 Å². The molecule has 1 amide bonds. The minimum absolute atomic E-state index is 0.0169. The molecule has 3 rings (SSSR count). The number of carbonyl (C=O) groups is 1. The fraction of sp³-hybridized carbons (Fsp3) is 0.476. The molecular formula is C21H28N4O4S. The molecule has 0 atom stereocenters. The average Bonchev–Trinajstić information content (AvgIpc) is 2.70. The number of hydrogen-bond acceptors (Lipinski definition) is 6. The van der Waals surface area contributed by atoms with Crippen molar-refractivity contribution in [3.8, 4) is 0 Å². The lowest BCUT2D eigenvalue weighted by atomic mass is 10.0. The Balaban J connectivity index is 1.87. The van der Waals surface area contributed by atoms with E-state index in [2.05, 4.69) is 9.97 Å².